The van der Waals surface area contributed by atoms with E-state index in [4.69, 9.17) is 5.73 Å². The van der Waals surface area contributed by atoms with Crippen molar-refractivity contribution in [3.63, 3.8) is 0 Å². The van der Waals surface area contributed by atoms with E-state index in [1.54, 1.807) is 6.20 Å². The Kier molecular flexibility index (Phi) is 3.74. The maximum absolute atomic E-state index is 11.8. The van der Waals surface area contributed by atoms with Gasteiger partial charge in [0.25, 0.3) is 0 Å². The van der Waals surface area contributed by atoms with Gasteiger partial charge in [0.2, 0.25) is 5.91 Å². The summed E-state index contributed by atoms with van der Waals surface area (Å²) in [7, 11) is 0. The minimum atomic E-state index is 0.0248. The normalized spacial score (nSPS) is 16.0. The molecule has 0 radical (unpaired) electrons. The van der Waals surface area contributed by atoms with E-state index in [2.05, 4.69) is 24.1 Å². The van der Waals surface area contributed by atoms with Crippen molar-refractivity contribution in [3.05, 3.63) is 35.3 Å². The lowest BCUT2D eigenvalue weighted by Crippen LogP contribution is -2.43. The highest BCUT2D eigenvalue weighted by atomic mass is 16.2. The van der Waals surface area contributed by atoms with Crippen molar-refractivity contribution in [3.8, 4) is 0 Å². The van der Waals surface area contributed by atoms with Crippen LogP contribution in [0, 0.1) is 5.92 Å². The van der Waals surface area contributed by atoms with Crippen molar-refractivity contribution < 1.29 is 4.79 Å². The van der Waals surface area contributed by atoms with E-state index in [1.165, 1.54) is 0 Å². The molecule has 2 rings (SSSR count). The van der Waals surface area contributed by atoms with E-state index >= 15 is 0 Å². The zero-order valence-corrected chi connectivity index (χ0v) is 11.6. The van der Waals surface area contributed by atoms with Gasteiger partial charge in [-0.25, -0.2) is 4.98 Å². The first-order valence-corrected chi connectivity index (χ1v) is 6.44. The molecular formula is C14H20N4O. The third kappa shape index (κ3) is 2.86. The molecule has 19 heavy (non-hydrogen) atoms. The number of nitrogen functional groups attached to an aromatic ring is 1. The summed E-state index contributed by atoms with van der Waals surface area (Å²) in [5, 5.41) is 2.95. The summed E-state index contributed by atoms with van der Waals surface area (Å²) in [4.78, 5) is 17.9. The van der Waals surface area contributed by atoms with Gasteiger partial charge in [-0.15, -0.1) is 0 Å². The molecule has 0 bridgehead atoms. The quantitative estimate of drug-likeness (QED) is 0.863. The number of carbonyl (C=O) groups excluding carboxylic acids is 1. The van der Waals surface area contributed by atoms with E-state index in [1.807, 2.05) is 24.0 Å². The Morgan fingerprint density at radius 3 is 2.89 bits per heavy atom. The largest absolute Gasteiger partial charge is 0.383 e. The van der Waals surface area contributed by atoms with Crippen LogP contribution in [0.3, 0.4) is 0 Å². The van der Waals surface area contributed by atoms with E-state index in [-0.39, 0.29) is 11.8 Å². The zero-order chi connectivity index (χ0) is 14.0. The minimum absolute atomic E-state index is 0.0248. The molecule has 1 aromatic heterocycles. The smallest absolute Gasteiger partial charge is 0.243 e. The number of amides is 1. The molecule has 5 nitrogen and oxygen atoms in total. The molecule has 0 unspecified atom stereocenters. The van der Waals surface area contributed by atoms with E-state index in [9.17, 15) is 4.79 Å². The molecule has 0 saturated carbocycles. The molecule has 1 aliphatic rings. The second-order valence-corrected chi connectivity index (χ2v) is 5.11. The molecule has 5 heteroatoms. The average Bonchev–Trinajstić information content (AvgIpc) is 2.35. The van der Waals surface area contributed by atoms with Gasteiger partial charge in [0, 0.05) is 29.7 Å². The predicted octanol–water partition coefficient (Wildman–Crippen LogP) is 1.48. The van der Waals surface area contributed by atoms with Gasteiger partial charge in [0.15, 0.2) is 0 Å². The van der Waals surface area contributed by atoms with Crippen LogP contribution in [0.2, 0.25) is 0 Å². The molecule has 1 amide bonds. The van der Waals surface area contributed by atoms with Crippen molar-refractivity contribution >= 4 is 11.7 Å². The van der Waals surface area contributed by atoms with E-state index in [0.717, 1.165) is 17.0 Å². The SMILES string of the molecule is CC1=C(C(C)C)NC(=O)CN1Cc1cccnc1N. The molecule has 0 fully saturated rings. The Bertz CT molecular complexity index is 522. The maximum atomic E-state index is 11.8. The molecular weight excluding hydrogens is 240 g/mol. The van der Waals surface area contributed by atoms with Crippen molar-refractivity contribution in [1.82, 2.24) is 15.2 Å². The molecule has 0 aromatic carbocycles. The van der Waals surface area contributed by atoms with Gasteiger partial charge in [0.1, 0.15) is 5.82 Å². The molecule has 1 aliphatic heterocycles. The van der Waals surface area contributed by atoms with Crippen LogP contribution in [0.4, 0.5) is 5.82 Å². The second-order valence-electron chi connectivity index (χ2n) is 5.11. The zero-order valence-electron chi connectivity index (χ0n) is 11.6. The molecule has 0 atom stereocenters. The summed E-state index contributed by atoms with van der Waals surface area (Å²) >= 11 is 0. The van der Waals surface area contributed by atoms with Crippen LogP contribution < -0.4 is 11.1 Å². The Morgan fingerprint density at radius 2 is 2.26 bits per heavy atom. The van der Waals surface area contributed by atoms with Crippen LogP contribution in [0.15, 0.2) is 29.7 Å². The van der Waals surface area contributed by atoms with Crippen LogP contribution in [-0.2, 0) is 11.3 Å². The van der Waals surface area contributed by atoms with Crippen molar-refractivity contribution in [2.45, 2.75) is 27.3 Å². The number of pyridine rings is 1. The molecule has 102 valence electrons. The first-order valence-electron chi connectivity index (χ1n) is 6.44. The second kappa shape index (κ2) is 5.30. The number of hydrogen-bond donors (Lipinski definition) is 2. The van der Waals surface area contributed by atoms with Crippen molar-refractivity contribution in [2.24, 2.45) is 5.92 Å². The predicted molar refractivity (Wildman–Crippen MR) is 74.7 cm³/mol. The monoisotopic (exact) mass is 260 g/mol. The fourth-order valence-electron chi connectivity index (χ4n) is 2.27. The summed E-state index contributed by atoms with van der Waals surface area (Å²) in [6.07, 6.45) is 1.67. The van der Waals surface area contributed by atoms with Gasteiger partial charge >= 0.3 is 0 Å². The summed E-state index contributed by atoms with van der Waals surface area (Å²) in [6, 6.07) is 3.80. The number of aromatic nitrogens is 1. The van der Waals surface area contributed by atoms with E-state index in [0.29, 0.717) is 18.9 Å². The van der Waals surface area contributed by atoms with Gasteiger partial charge in [-0.1, -0.05) is 19.9 Å². The minimum Gasteiger partial charge on any atom is -0.383 e. The number of nitrogens with zero attached hydrogens (tertiary/aromatic N) is 2. The van der Waals surface area contributed by atoms with Gasteiger partial charge < -0.3 is 16.0 Å². The van der Waals surface area contributed by atoms with Gasteiger partial charge in [-0.2, -0.15) is 0 Å². The standard InChI is InChI=1S/C14H20N4O/c1-9(2)13-10(3)18(8-12(19)17-13)7-11-5-4-6-16-14(11)15/h4-6,9H,7-8H2,1-3H3,(H2,15,16)(H,17,19). The molecule has 0 aliphatic carbocycles. The van der Waals surface area contributed by atoms with Gasteiger partial charge in [-0.05, 0) is 18.9 Å². The lowest BCUT2D eigenvalue weighted by atomic mass is 10.1. The van der Waals surface area contributed by atoms with Gasteiger partial charge in [-0.3, -0.25) is 4.79 Å². The first-order chi connectivity index (χ1) is 8.99. The number of anilines is 1. The lowest BCUT2D eigenvalue weighted by molar-refractivity contribution is -0.122. The Balaban J connectivity index is 2.27. The molecule has 1 aromatic rings. The van der Waals surface area contributed by atoms with Crippen LogP contribution in [-0.4, -0.2) is 22.3 Å². The van der Waals surface area contributed by atoms with Crippen LogP contribution in [0.1, 0.15) is 26.3 Å². The maximum Gasteiger partial charge on any atom is 0.243 e. The number of nitrogens with two attached hydrogens (primary N) is 1. The van der Waals surface area contributed by atoms with Crippen LogP contribution in [0.25, 0.3) is 0 Å². The number of allylic oxidation sites excluding steroid dienone is 2. The third-order valence-electron chi connectivity index (χ3n) is 3.34. The number of hydrogen-bond acceptors (Lipinski definition) is 4. The molecule has 3 N–H and O–H groups in total. The molecule has 2 heterocycles. The Hall–Kier alpha value is -2.04. The molecule has 0 saturated heterocycles. The highest BCUT2D eigenvalue weighted by molar-refractivity contribution is 5.81. The van der Waals surface area contributed by atoms with E-state index < -0.39 is 0 Å². The van der Waals surface area contributed by atoms with Crippen molar-refractivity contribution in [2.75, 3.05) is 12.3 Å². The Morgan fingerprint density at radius 1 is 1.53 bits per heavy atom. The third-order valence-corrected chi connectivity index (χ3v) is 3.34. The average molecular weight is 260 g/mol. The number of carbonyl (C=O) groups is 1. The lowest BCUT2D eigenvalue weighted by Gasteiger charge is -2.33. The Labute approximate surface area is 113 Å². The first kappa shape index (κ1) is 13.4. The number of nitrogens with one attached hydrogen (secondary N) is 1. The fourth-order valence-corrected chi connectivity index (χ4v) is 2.27. The van der Waals surface area contributed by atoms with Crippen LogP contribution >= 0.6 is 0 Å². The molecule has 0 spiro atoms. The highest BCUT2D eigenvalue weighted by Gasteiger charge is 2.23. The summed E-state index contributed by atoms with van der Waals surface area (Å²) < 4.78 is 0. The highest BCUT2D eigenvalue weighted by Crippen LogP contribution is 2.22. The summed E-state index contributed by atoms with van der Waals surface area (Å²) in [6.45, 7) is 7.13. The fraction of sp³-hybridized carbons (Fsp3) is 0.429. The van der Waals surface area contributed by atoms with Crippen molar-refractivity contribution in [1.29, 1.82) is 0 Å². The van der Waals surface area contributed by atoms with Gasteiger partial charge in [0.05, 0.1) is 6.54 Å². The summed E-state index contributed by atoms with van der Waals surface area (Å²) in [5.41, 5.74) is 8.88. The topological polar surface area (TPSA) is 71.2 Å². The van der Waals surface area contributed by atoms with Crippen LogP contribution in [0.5, 0.6) is 0 Å². The number of rotatable bonds is 3. The summed E-state index contributed by atoms with van der Waals surface area (Å²) in [5.74, 6) is 0.835.